The van der Waals surface area contributed by atoms with Crippen LogP contribution in [0.3, 0.4) is 0 Å². The van der Waals surface area contributed by atoms with Gasteiger partial charge in [0.1, 0.15) is 5.60 Å². The Morgan fingerprint density at radius 3 is 2.87 bits per heavy atom. The zero-order chi connectivity index (χ0) is 10.7. The maximum absolute atomic E-state index is 5.61. The molecular formula is C12H15BrO2. The normalized spacial score (nSPS) is 24.1. The summed E-state index contributed by atoms with van der Waals surface area (Å²) in [6.07, 6.45) is 0. The molecule has 1 saturated heterocycles. The third-order valence-electron chi connectivity index (χ3n) is 2.46. The molecule has 15 heavy (non-hydrogen) atoms. The van der Waals surface area contributed by atoms with Crippen LogP contribution >= 0.6 is 15.9 Å². The molecule has 1 atom stereocenters. The molecule has 1 fully saturated rings. The lowest BCUT2D eigenvalue weighted by Crippen LogP contribution is -2.14. The van der Waals surface area contributed by atoms with Gasteiger partial charge in [-0.1, -0.05) is 40.2 Å². The molecule has 82 valence electrons. The third-order valence-corrected chi connectivity index (χ3v) is 3.11. The van der Waals surface area contributed by atoms with Crippen molar-refractivity contribution in [3.63, 3.8) is 0 Å². The van der Waals surface area contributed by atoms with Crippen molar-refractivity contribution in [2.45, 2.75) is 24.5 Å². The molecule has 1 aliphatic rings. The second kappa shape index (κ2) is 4.64. The van der Waals surface area contributed by atoms with Crippen LogP contribution in [0.25, 0.3) is 0 Å². The highest BCUT2D eigenvalue weighted by atomic mass is 79.9. The van der Waals surface area contributed by atoms with Crippen LogP contribution in [0.15, 0.2) is 24.3 Å². The van der Waals surface area contributed by atoms with E-state index in [1.54, 1.807) is 0 Å². The van der Waals surface area contributed by atoms with Crippen molar-refractivity contribution in [1.29, 1.82) is 0 Å². The van der Waals surface area contributed by atoms with Crippen LogP contribution < -0.4 is 0 Å². The molecule has 0 aromatic heterocycles. The lowest BCUT2D eigenvalue weighted by atomic mass is 10.1. The molecule has 1 aromatic carbocycles. The van der Waals surface area contributed by atoms with E-state index in [2.05, 4.69) is 47.1 Å². The predicted molar refractivity (Wildman–Crippen MR) is 63.1 cm³/mol. The van der Waals surface area contributed by atoms with E-state index in [1.165, 1.54) is 11.1 Å². The SMILES string of the molecule is CC1(COCc2cccc(CBr)c2)CO1. The first kappa shape index (κ1) is 11.1. The second-order valence-electron chi connectivity index (χ2n) is 4.18. The summed E-state index contributed by atoms with van der Waals surface area (Å²) in [6.45, 7) is 4.25. The monoisotopic (exact) mass is 270 g/mol. The van der Waals surface area contributed by atoms with Gasteiger partial charge in [0.15, 0.2) is 0 Å². The molecule has 0 N–H and O–H groups in total. The Bertz CT molecular complexity index is 334. The molecule has 2 rings (SSSR count). The summed E-state index contributed by atoms with van der Waals surface area (Å²) in [6, 6.07) is 8.40. The fourth-order valence-electron chi connectivity index (χ4n) is 1.39. The van der Waals surface area contributed by atoms with Crippen LogP contribution in [-0.2, 0) is 21.4 Å². The molecule has 1 aromatic rings. The fourth-order valence-corrected chi connectivity index (χ4v) is 1.74. The number of hydrogen-bond donors (Lipinski definition) is 0. The molecule has 3 heteroatoms. The largest absolute Gasteiger partial charge is 0.374 e. The predicted octanol–water partition coefficient (Wildman–Crippen LogP) is 2.89. The Balaban J connectivity index is 1.82. The van der Waals surface area contributed by atoms with Crippen LogP contribution in [0.1, 0.15) is 18.1 Å². The fraction of sp³-hybridized carbons (Fsp3) is 0.500. The Kier molecular flexibility index (Phi) is 3.44. The van der Waals surface area contributed by atoms with Gasteiger partial charge in [0, 0.05) is 5.33 Å². The first-order valence-electron chi connectivity index (χ1n) is 5.07. The first-order chi connectivity index (χ1) is 7.22. The maximum Gasteiger partial charge on any atom is 0.112 e. The zero-order valence-electron chi connectivity index (χ0n) is 8.83. The van der Waals surface area contributed by atoms with Gasteiger partial charge in [0.05, 0.1) is 19.8 Å². The van der Waals surface area contributed by atoms with Gasteiger partial charge in [-0.3, -0.25) is 0 Å². The van der Waals surface area contributed by atoms with Gasteiger partial charge in [0.2, 0.25) is 0 Å². The van der Waals surface area contributed by atoms with Crippen molar-refractivity contribution in [2.75, 3.05) is 13.2 Å². The maximum atomic E-state index is 5.61. The first-order valence-corrected chi connectivity index (χ1v) is 6.19. The lowest BCUT2D eigenvalue weighted by Gasteiger charge is -2.07. The molecular weight excluding hydrogens is 256 g/mol. The van der Waals surface area contributed by atoms with E-state index in [0.717, 1.165) is 11.9 Å². The number of ether oxygens (including phenoxy) is 2. The van der Waals surface area contributed by atoms with Gasteiger partial charge >= 0.3 is 0 Å². The molecule has 1 unspecified atom stereocenters. The summed E-state index contributed by atoms with van der Waals surface area (Å²) in [7, 11) is 0. The minimum Gasteiger partial charge on any atom is -0.374 e. The number of alkyl halides is 1. The quantitative estimate of drug-likeness (QED) is 0.606. The van der Waals surface area contributed by atoms with Crippen LogP contribution in [0.2, 0.25) is 0 Å². The van der Waals surface area contributed by atoms with Gasteiger partial charge in [-0.15, -0.1) is 0 Å². The summed E-state index contributed by atoms with van der Waals surface area (Å²) in [5.41, 5.74) is 2.49. The molecule has 0 amide bonds. The Morgan fingerprint density at radius 1 is 1.47 bits per heavy atom. The van der Waals surface area contributed by atoms with Gasteiger partial charge in [-0.05, 0) is 18.1 Å². The van der Waals surface area contributed by atoms with E-state index in [-0.39, 0.29) is 5.60 Å². The Labute approximate surface area is 98.7 Å². The van der Waals surface area contributed by atoms with Crippen molar-refractivity contribution >= 4 is 15.9 Å². The average molecular weight is 271 g/mol. The summed E-state index contributed by atoms with van der Waals surface area (Å²) in [4.78, 5) is 0. The van der Waals surface area contributed by atoms with Gasteiger partial charge < -0.3 is 9.47 Å². The van der Waals surface area contributed by atoms with E-state index in [4.69, 9.17) is 9.47 Å². The smallest absolute Gasteiger partial charge is 0.112 e. The number of hydrogen-bond acceptors (Lipinski definition) is 2. The van der Waals surface area contributed by atoms with E-state index in [0.29, 0.717) is 13.2 Å². The second-order valence-corrected chi connectivity index (χ2v) is 4.75. The number of halogens is 1. The topological polar surface area (TPSA) is 21.8 Å². The standard InChI is InChI=1S/C12H15BrO2/c1-12(9-15-12)8-14-7-11-4-2-3-10(5-11)6-13/h2-5H,6-9H2,1H3. The van der Waals surface area contributed by atoms with Crippen molar-refractivity contribution in [1.82, 2.24) is 0 Å². The summed E-state index contributed by atoms with van der Waals surface area (Å²) in [5, 5.41) is 0.891. The highest BCUT2D eigenvalue weighted by Gasteiger charge is 2.39. The number of rotatable bonds is 5. The van der Waals surface area contributed by atoms with E-state index in [9.17, 15) is 0 Å². The summed E-state index contributed by atoms with van der Waals surface area (Å²) >= 11 is 3.44. The van der Waals surface area contributed by atoms with Gasteiger partial charge in [-0.2, -0.15) is 0 Å². The number of benzene rings is 1. The van der Waals surface area contributed by atoms with Crippen molar-refractivity contribution < 1.29 is 9.47 Å². The molecule has 0 aliphatic carbocycles. The summed E-state index contributed by atoms with van der Waals surface area (Å²) in [5.74, 6) is 0. The van der Waals surface area contributed by atoms with E-state index < -0.39 is 0 Å². The van der Waals surface area contributed by atoms with Crippen LogP contribution in [0.5, 0.6) is 0 Å². The molecule has 1 aliphatic heterocycles. The molecule has 2 nitrogen and oxygen atoms in total. The molecule has 0 bridgehead atoms. The summed E-state index contributed by atoms with van der Waals surface area (Å²) < 4.78 is 10.9. The van der Waals surface area contributed by atoms with Crippen molar-refractivity contribution in [3.8, 4) is 0 Å². The van der Waals surface area contributed by atoms with Crippen molar-refractivity contribution in [3.05, 3.63) is 35.4 Å². The molecule has 0 radical (unpaired) electrons. The average Bonchev–Trinajstić information content (AvgIpc) is 2.97. The Morgan fingerprint density at radius 2 is 2.20 bits per heavy atom. The van der Waals surface area contributed by atoms with Crippen LogP contribution in [-0.4, -0.2) is 18.8 Å². The highest BCUT2D eigenvalue weighted by Crippen LogP contribution is 2.26. The molecule has 0 saturated carbocycles. The van der Waals surface area contributed by atoms with Crippen molar-refractivity contribution in [2.24, 2.45) is 0 Å². The minimum atomic E-state index is -0.00691. The van der Waals surface area contributed by atoms with E-state index in [1.807, 2.05) is 0 Å². The van der Waals surface area contributed by atoms with Gasteiger partial charge in [0.25, 0.3) is 0 Å². The van der Waals surface area contributed by atoms with Gasteiger partial charge in [-0.25, -0.2) is 0 Å². The van der Waals surface area contributed by atoms with E-state index >= 15 is 0 Å². The number of epoxide rings is 1. The highest BCUT2D eigenvalue weighted by molar-refractivity contribution is 9.08. The molecule has 0 spiro atoms. The third kappa shape index (κ3) is 3.30. The van der Waals surface area contributed by atoms with Crippen LogP contribution in [0.4, 0.5) is 0 Å². The Hall–Kier alpha value is -0.380. The lowest BCUT2D eigenvalue weighted by molar-refractivity contribution is 0.0742. The zero-order valence-corrected chi connectivity index (χ0v) is 10.4. The molecule has 1 heterocycles. The van der Waals surface area contributed by atoms with Crippen LogP contribution in [0, 0.1) is 0 Å². The minimum absolute atomic E-state index is 0.00691.